The zero-order valence-corrected chi connectivity index (χ0v) is 8.73. The molecule has 1 amide bonds. The second-order valence-electron chi connectivity index (χ2n) is 3.83. The van der Waals surface area contributed by atoms with Crippen LogP contribution in [-0.2, 0) is 18.4 Å². The van der Waals surface area contributed by atoms with Crippen LogP contribution in [0.4, 0.5) is 0 Å². The van der Waals surface area contributed by atoms with Crippen molar-refractivity contribution in [2.45, 2.75) is 25.4 Å². The molecule has 2 N–H and O–H groups in total. The van der Waals surface area contributed by atoms with Gasteiger partial charge in [-0.15, -0.1) is 5.10 Å². The van der Waals surface area contributed by atoms with Gasteiger partial charge in [-0.3, -0.25) is 9.48 Å². The molecule has 0 bridgehead atoms. The van der Waals surface area contributed by atoms with E-state index in [4.69, 9.17) is 0 Å². The van der Waals surface area contributed by atoms with Crippen LogP contribution in [0.1, 0.15) is 18.5 Å². The first-order chi connectivity index (χ1) is 7.24. The van der Waals surface area contributed by atoms with Crippen molar-refractivity contribution in [2.24, 2.45) is 7.05 Å². The maximum Gasteiger partial charge on any atom is 0.234 e. The number of nitrogens with one attached hydrogen (secondary N) is 2. The summed E-state index contributed by atoms with van der Waals surface area (Å²) in [5, 5.41) is 13.6. The lowest BCUT2D eigenvalue weighted by molar-refractivity contribution is -0.120. The molecule has 0 radical (unpaired) electrons. The van der Waals surface area contributed by atoms with Gasteiger partial charge in [0.2, 0.25) is 5.91 Å². The van der Waals surface area contributed by atoms with E-state index in [1.807, 2.05) is 13.2 Å². The number of carbonyl (C=O) groups excluding carboxylic acids is 1. The first kappa shape index (κ1) is 10.1. The number of amides is 1. The molecule has 0 unspecified atom stereocenters. The van der Waals surface area contributed by atoms with Crippen molar-refractivity contribution in [3.05, 3.63) is 11.9 Å². The van der Waals surface area contributed by atoms with Gasteiger partial charge >= 0.3 is 0 Å². The van der Waals surface area contributed by atoms with Crippen LogP contribution < -0.4 is 10.6 Å². The number of rotatable bonds is 5. The fourth-order valence-corrected chi connectivity index (χ4v) is 1.29. The number of hydrogen-bond acceptors (Lipinski definition) is 4. The van der Waals surface area contributed by atoms with E-state index in [-0.39, 0.29) is 5.91 Å². The highest BCUT2D eigenvalue weighted by atomic mass is 16.2. The standard InChI is InChI=1S/C9H15N5O/c1-14-6-8(12-13-14)4-10-5-9(15)11-7-2-3-7/h6-7,10H,2-5H2,1H3,(H,11,15). The fourth-order valence-electron chi connectivity index (χ4n) is 1.29. The first-order valence-electron chi connectivity index (χ1n) is 5.09. The van der Waals surface area contributed by atoms with Crippen LogP contribution in [0.25, 0.3) is 0 Å². The molecule has 1 heterocycles. The SMILES string of the molecule is Cn1cc(CNCC(=O)NC2CC2)nn1. The van der Waals surface area contributed by atoms with Crippen molar-refractivity contribution in [3.63, 3.8) is 0 Å². The Balaban J connectivity index is 1.63. The van der Waals surface area contributed by atoms with E-state index in [9.17, 15) is 4.79 Å². The lowest BCUT2D eigenvalue weighted by Gasteiger charge is -2.03. The van der Waals surface area contributed by atoms with E-state index in [1.165, 1.54) is 0 Å². The van der Waals surface area contributed by atoms with E-state index in [1.54, 1.807) is 4.68 Å². The zero-order valence-electron chi connectivity index (χ0n) is 8.73. The molecule has 0 aliphatic heterocycles. The monoisotopic (exact) mass is 209 g/mol. The lowest BCUT2D eigenvalue weighted by Crippen LogP contribution is -2.34. The van der Waals surface area contributed by atoms with Crippen LogP contribution >= 0.6 is 0 Å². The molecule has 82 valence electrons. The molecular formula is C9H15N5O. The minimum atomic E-state index is 0.0568. The Hall–Kier alpha value is -1.43. The van der Waals surface area contributed by atoms with Gasteiger partial charge in [-0.1, -0.05) is 5.21 Å². The summed E-state index contributed by atoms with van der Waals surface area (Å²) in [6, 6.07) is 0.427. The van der Waals surface area contributed by atoms with Gasteiger partial charge in [-0.25, -0.2) is 0 Å². The van der Waals surface area contributed by atoms with E-state index in [0.717, 1.165) is 18.5 Å². The molecule has 1 aromatic heterocycles. The molecular weight excluding hydrogens is 194 g/mol. The van der Waals surface area contributed by atoms with Gasteiger partial charge in [0.1, 0.15) is 0 Å². The fraction of sp³-hybridized carbons (Fsp3) is 0.667. The normalized spacial score (nSPS) is 15.3. The predicted octanol–water partition coefficient (Wildman–Crippen LogP) is -0.817. The summed E-state index contributed by atoms with van der Waals surface area (Å²) in [7, 11) is 1.82. The van der Waals surface area contributed by atoms with Crippen LogP contribution in [0, 0.1) is 0 Å². The van der Waals surface area contributed by atoms with E-state index in [2.05, 4.69) is 20.9 Å². The summed E-state index contributed by atoms with van der Waals surface area (Å²) in [4.78, 5) is 11.3. The molecule has 1 aliphatic rings. The summed E-state index contributed by atoms with van der Waals surface area (Å²) in [5.41, 5.74) is 0.844. The molecule has 0 atom stereocenters. The number of nitrogens with zero attached hydrogens (tertiary/aromatic N) is 3. The summed E-state index contributed by atoms with van der Waals surface area (Å²) in [6.07, 6.45) is 4.07. The second kappa shape index (κ2) is 4.39. The molecule has 0 aromatic carbocycles. The van der Waals surface area contributed by atoms with Gasteiger partial charge in [0, 0.05) is 25.8 Å². The predicted molar refractivity (Wildman–Crippen MR) is 53.9 cm³/mol. The molecule has 2 rings (SSSR count). The van der Waals surface area contributed by atoms with Gasteiger partial charge in [-0.05, 0) is 12.8 Å². The Kier molecular flexibility index (Phi) is 2.96. The van der Waals surface area contributed by atoms with Gasteiger partial charge < -0.3 is 10.6 Å². The molecule has 1 saturated carbocycles. The number of aromatic nitrogens is 3. The smallest absolute Gasteiger partial charge is 0.234 e. The minimum absolute atomic E-state index is 0.0568. The molecule has 15 heavy (non-hydrogen) atoms. The summed E-state index contributed by atoms with van der Waals surface area (Å²) in [6.45, 7) is 0.916. The lowest BCUT2D eigenvalue weighted by atomic mass is 10.4. The van der Waals surface area contributed by atoms with Gasteiger partial charge in [0.15, 0.2) is 0 Å². The maximum absolute atomic E-state index is 11.3. The van der Waals surface area contributed by atoms with Crippen LogP contribution in [-0.4, -0.2) is 33.5 Å². The van der Waals surface area contributed by atoms with Crippen molar-refractivity contribution >= 4 is 5.91 Å². The van der Waals surface area contributed by atoms with Crippen molar-refractivity contribution in [1.82, 2.24) is 25.6 Å². The highest BCUT2D eigenvalue weighted by molar-refractivity contribution is 5.78. The van der Waals surface area contributed by atoms with Crippen LogP contribution in [0.5, 0.6) is 0 Å². The van der Waals surface area contributed by atoms with Crippen molar-refractivity contribution in [2.75, 3.05) is 6.54 Å². The third-order valence-electron chi connectivity index (χ3n) is 2.18. The topological polar surface area (TPSA) is 71.8 Å². The van der Waals surface area contributed by atoms with E-state index < -0.39 is 0 Å². The largest absolute Gasteiger partial charge is 0.352 e. The van der Waals surface area contributed by atoms with Gasteiger partial charge in [0.25, 0.3) is 0 Å². The first-order valence-corrected chi connectivity index (χ1v) is 5.09. The summed E-state index contributed by atoms with van der Waals surface area (Å²) in [5.74, 6) is 0.0568. The van der Waals surface area contributed by atoms with Crippen LogP contribution in [0.15, 0.2) is 6.20 Å². The Morgan fingerprint density at radius 3 is 3.07 bits per heavy atom. The average molecular weight is 209 g/mol. The number of hydrogen-bond donors (Lipinski definition) is 2. The molecule has 6 nitrogen and oxygen atoms in total. The maximum atomic E-state index is 11.3. The van der Waals surface area contributed by atoms with Crippen LogP contribution in [0.3, 0.4) is 0 Å². The van der Waals surface area contributed by atoms with E-state index in [0.29, 0.717) is 19.1 Å². The van der Waals surface area contributed by atoms with Crippen LogP contribution in [0.2, 0.25) is 0 Å². The zero-order chi connectivity index (χ0) is 10.7. The molecule has 1 aromatic rings. The van der Waals surface area contributed by atoms with Gasteiger partial charge in [0.05, 0.1) is 12.2 Å². The van der Waals surface area contributed by atoms with Crippen molar-refractivity contribution in [3.8, 4) is 0 Å². The number of aryl methyl sites for hydroxylation is 1. The molecule has 1 aliphatic carbocycles. The molecule has 6 heteroatoms. The molecule has 0 saturated heterocycles. The van der Waals surface area contributed by atoms with Gasteiger partial charge in [-0.2, -0.15) is 0 Å². The summed E-state index contributed by atoms with van der Waals surface area (Å²) >= 11 is 0. The number of carbonyl (C=O) groups is 1. The minimum Gasteiger partial charge on any atom is -0.352 e. The second-order valence-corrected chi connectivity index (χ2v) is 3.83. The van der Waals surface area contributed by atoms with Crippen molar-refractivity contribution in [1.29, 1.82) is 0 Å². The third-order valence-corrected chi connectivity index (χ3v) is 2.18. The Morgan fingerprint density at radius 1 is 1.67 bits per heavy atom. The highest BCUT2D eigenvalue weighted by Gasteiger charge is 2.22. The quantitative estimate of drug-likeness (QED) is 0.665. The molecule has 0 spiro atoms. The molecule has 1 fully saturated rings. The Morgan fingerprint density at radius 2 is 2.47 bits per heavy atom. The Labute approximate surface area is 88.0 Å². The highest BCUT2D eigenvalue weighted by Crippen LogP contribution is 2.18. The Bertz CT molecular complexity index is 344. The van der Waals surface area contributed by atoms with Crippen molar-refractivity contribution < 1.29 is 4.79 Å². The average Bonchev–Trinajstić information content (AvgIpc) is 2.89. The summed E-state index contributed by atoms with van der Waals surface area (Å²) < 4.78 is 1.64. The third kappa shape index (κ3) is 3.32. The van der Waals surface area contributed by atoms with E-state index >= 15 is 0 Å².